The molecule has 1 aromatic rings. The Kier molecular flexibility index (Phi) is 6.38. The zero-order chi connectivity index (χ0) is 9.40. The number of nitrogens with zero attached hydrogens (tertiary/aromatic N) is 1. The Labute approximate surface area is 72.4 Å². The van der Waals surface area contributed by atoms with Gasteiger partial charge < -0.3 is 4.89 Å². The molecule has 1 rings (SSSR count). The van der Waals surface area contributed by atoms with Crippen molar-refractivity contribution in [1.29, 1.82) is 0 Å². The molecule has 0 N–H and O–H groups in total. The quantitative estimate of drug-likeness (QED) is 0.466. The normalized spacial score (nSPS) is 9.75. The molecular formula is C7H11NO3P+. The van der Waals surface area contributed by atoms with Gasteiger partial charge >= 0.3 is 8.25 Å². The van der Waals surface area contributed by atoms with Crippen molar-refractivity contribution < 1.29 is 18.5 Å². The van der Waals surface area contributed by atoms with Crippen molar-refractivity contribution in [3.05, 3.63) is 30.6 Å². The van der Waals surface area contributed by atoms with Crippen molar-refractivity contribution in [2.24, 2.45) is 7.05 Å². The molecule has 0 spiro atoms. The zero-order valence-corrected chi connectivity index (χ0v) is 7.90. The lowest BCUT2D eigenvalue weighted by molar-refractivity contribution is -0.671. The van der Waals surface area contributed by atoms with Gasteiger partial charge in [0.05, 0.1) is 7.11 Å². The summed E-state index contributed by atoms with van der Waals surface area (Å²) in [5.41, 5.74) is 0. The molecule has 5 heteroatoms. The van der Waals surface area contributed by atoms with Gasteiger partial charge in [0.2, 0.25) is 0 Å². The van der Waals surface area contributed by atoms with Crippen LogP contribution in [0.4, 0.5) is 0 Å². The van der Waals surface area contributed by atoms with Gasteiger partial charge in [0.1, 0.15) is 7.05 Å². The van der Waals surface area contributed by atoms with E-state index in [1.165, 1.54) is 0 Å². The summed E-state index contributed by atoms with van der Waals surface area (Å²) in [5.74, 6) is 0. The molecule has 4 nitrogen and oxygen atoms in total. The number of aromatic nitrogens is 1. The summed E-state index contributed by atoms with van der Waals surface area (Å²) in [5, 5.41) is 0. The van der Waals surface area contributed by atoms with E-state index in [2.05, 4.69) is 4.52 Å². The smallest absolute Gasteiger partial charge is 0.488 e. The summed E-state index contributed by atoms with van der Waals surface area (Å²) >= 11 is 0. The van der Waals surface area contributed by atoms with Crippen LogP contribution in [0.1, 0.15) is 0 Å². The Balaban J connectivity index is 0.000000217. The fourth-order valence-electron chi connectivity index (χ4n) is 0.485. The van der Waals surface area contributed by atoms with Gasteiger partial charge in [0.25, 0.3) is 0 Å². The van der Waals surface area contributed by atoms with Crippen LogP contribution in [0.25, 0.3) is 0 Å². The molecular weight excluding hydrogens is 177 g/mol. The van der Waals surface area contributed by atoms with Gasteiger partial charge in [-0.05, 0) is 4.57 Å². The molecule has 0 fully saturated rings. The second kappa shape index (κ2) is 6.85. The average Bonchev–Trinajstić information content (AvgIpc) is 2.07. The van der Waals surface area contributed by atoms with E-state index < -0.39 is 8.25 Å². The van der Waals surface area contributed by atoms with E-state index in [0.29, 0.717) is 0 Å². The first-order chi connectivity index (χ1) is 5.66. The highest BCUT2D eigenvalue weighted by Gasteiger charge is 1.86. The number of pyridine rings is 1. The van der Waals surface area contributed by atoms with Crippen molar-refractivity contribution in [3.63, 3.8) is 0 Å². The third-order valence-electron chi connectivity index (χ3n) is 1.01. The van der Waals surface area contributed by atoms with Crippen LogP contribution in [0.5, 0.6) is 0 Å². The monoisotopic (exact) mass is 188 g/mol. The summed E-state index contributed by atoms with van der Waals surface area (Å²) in [6.07, 6.45) is 4.00. The molecule has 1 aromatic heterocycles. The third kappa shape index (κ3) is 7.28. The minimum absolute atomic E-state index is 1.10. The maximum Gasteiger partial charge on any atom is 0.488 e. The molecule has 1 atom stereocenters. The lowest BCUT2D eigenvalue weighted by atomic mass is 10.5. The fraction of sp³-hybridized carbons (Fsp3) is 0.286. The van der Waals surface area contributed by atoms with E-state index >= 15 is 0 Å². The van der Waals surface area contributed by atoms with Crippen LogP contribution < -0.4 is 9.46 Å². The first-order valence-electron chi connectivity index (χ1n) is 3.25. The molecule has 0 saturated heterocycles. The predicted molar refractivity (Wildman–Crippen MR) is 42.2 cm³/mol. The Hall–Kier alpha value is -0.830. The van der Waals surface area contributed by atoms with Crippen LogP contribution in [-0.4, -0.2) is 7.11 Å². The summed E-state index contributed by atoms with van der Waals surface area (Å²) in [7, 11) is 0.505. The number of hydrogen-bond donors (Lipinski definition) is 0. The molecule has 0 radical (unpaired) electrons. The van der Waals surface area contributed by atoms with Crippen LogP contribution >= 0.6 is 8.25 Å². The molecule has 0 aliphatic heterocycles. The highest BCUT2D eigenvalue weighted by molar-refractivity contribution is 7.30. The van der Waals surface area contributed by atoms with Gasteiger partial charge in [0.15, 0.2) is 12.4 Å². The van der Waals surface area contributed by atoms with E-state index in [4.69, 9.17) is 0 Å². The number of rotatable bonds is 1. The SMILES string of the molecule is CO[P+](=O)[O-].C[n+]1ccccc1. The van der Waals surface area contributed by atoms with Crippen molar-refractivity contribution in [2.75, 3.05) is 7.11 Å². The van der Waals surface area contributed by atoms with Crippen LogP contribution in [0.15, 0.2) is 30.6 Å². The summed E-state index contributed by atoms with van der Waals surface area (Å²) in [6, 6.07) is 6.00. The molecule has 1 unspecified atom stereocenters. The molecule has 66 valence electrons. The minimum Gasteiger partial charge on any atom is -0.566 e. The van der Waals surface area contributed by atoms with Crippen molar-refractivity contribution in [2.45, 2.75) is 0 Å². The Morgan fingerprint density at radius 3 is 1.92 bits per heavy atom. The van der Waals surface area contributed by atoms with Crippen molar-refractivity contribution in [3.8, 4) is 0 Å². The maximum atomic E-state index is 9.18. The van der Waals surface area contributed by atoms with Gasteiger partial charge in [-0.15, -0.1) is 0 Å². The summed E-state index contributed by atoms with van der Waals surface area (Å²) in [4.78, 5) is 9.18. The molecule has 1 heterocycles. The zero-order valence-electron chi connectivity index (χ0n) is 7.01. The standard InChI is InChI=1S/C6H8N.CH3O3P/c1-7-5-3-2-4-6-7;1-4-5(2)3/h2-6H,1H3;1H3/q+1;. The number of aryl methyl sites for hydroxylation is 1. The highest BCUT2D eigenvalue weighted by atomic mass is 31.1. The Bertz CT molecular complexity index is 227. The first-order valence-corrected chi connectivity index (χ1v) is 4.35. The van der Waals surface area contributed by atoms with Gasteiger partial charge in [-0.25, -0.2) is 4.57 Å². The summed E-state index contributed by atoms with van der Waals surface area (Å²) in [6.45, 7) is 0. The fourth-order valence-corrected chi connectivity index (χ4v) is 0.485. The van der Waals surface area contributed by atoms with Crippen LogP contribution in [0.2, 0.25) is 0 Å². The van der Waals surface area contributed by atoms with Crippen LogP contribution in [-0.2, 0) is 16.1 Å². The second-order valence-electron chi connectivity index (χ2n) is 1.95. The van der Waals surface area contributed by atoms with E-state index in [9.17, 15) is 9.46 Å². The average molecular weight is 188 g/mol. The minimum atomic E-state index is -2.60. The third-order valence-corrected chi connectivity index (χ3v) is 1.31. The van der Waals surface area contributed by atoms with Crippen LogP contribution in [0.3, 0.4) is 0 Å². The van der Waals surface area contributed by atoms with Crippen molar-refractivity contribution >= 4 is 8.25 Å². The predicted octanol–water partition coefficient (Wildman–Crippen LogP) is 0.162. The Morgan fingerprint density at radius 1 is 1.33 bits per heavy atom. The Morgan fingerprint density at radius 2 is 1.75 bits per heavy atom. The molecule has 0 amide bonds. The lowest BCUT2D eigenvalue weighted by Gasteiger charge is -1.77. The summed E-state index contributed by atoms with van der Waals surface area (Å²) < 4.78 is 14.9. The molecule has 0 saturated carbocycles. The van der Waals surface area contributed by atoms with E-state index in [1.807, 2.05) is 42.2 Å². The first kappa shape index (κ1) is 11.2. The molecule has 12 heavy (non-hydrogen) atoms. The second-order valence-corrected chi connectivity index (χ2v) is 2.76. The van der Waals surface area contributed by atoms with Crippen LogP contribution in [0, 0.1) is 0 Å². The molecule has 0 aromatic carbocycles. The molecule has 0 aliphatic rings. The topological polar surface area (TPSA) is 53.2 Å². The van der Waals surface area contributed by atoms with Gasteiger partial charge in [-0.1, -0.05) is 6.07 Å². The lowest BCUT2D eigenvalue weighted by Crippen LogP contribution is -2.25. The van der Waals surface area contributed by atoms with Crippen molar-refractivity contribution in [1.82, 2.24) is 0 Å². The van der Waals surface area contributed by atoms with E-state index in [0.717, 1.165) is 7.11 Å². The molecule has 0 aliphatic carbocycles. The van der Waals surface area contributed by atoms with Gasteiger partial charge in [0, 0.05) is 12.1 Å². The van der Waals surface area contributed by atoms with E-state index in [-0.39, 0.29) is 0 Å². The number of hydrogen-bond acceptors (Lipinski definition) is 3. The maximum absolute atomic E-state index is 9.18. The largest absolute Gasteiger partial charge is 0.566 e. The van der Waals surface area contributed by atoms with Gasteiger partial charge in [-0.2, -0.15) is 4.52 Å². The van der Waals surface area contributed by atoms with E-state index in [1.54, 1.807) is 0 Å². The highest BCUT2D eigenvalue weighted by Crippen LogP contribution is 2.02. The molecule has 0 bridgehead atoms. The van der Waals surface area contributed by atoms with Gasteiger partial charge in [-0.3, -0.25) is 0 Å².